The molecule has 2 aliphatic rings. The Hall–Kier alpha value is -1.65. The molecule has 32 heavy (non-hydrogen) atoms. The lowest BCUT2D eigenvalue weighted by atomic mass is 10.1. The monoisotopic (exact) mass is 466 g/mol. The van der Waals surface area contributed by atoms with E-state index in [1.165, 1.54) is 30.8 Å². The van der Waals surface area contributed by atoms with Gasteiger partial charge >= 0.3 is 6.18 Å². The number of nitrogens with zero attached hydrogens (tertiary/aromatic N) is 3. The van der Waals surface area contributed by atoms with Crippen LogP contribution in [0.1, 0.15) is 42.2 Å². The second-order valence-electron chi connectivity index (χ2n) is 8.41. The predicted molar refractivity (Wildman–Crippen MR) is 118 cm³/mol. The summed E-state index contributed by atoms with van der Waals surface area (Å²) in [6.07, 6.45) is -0.305. The van der Waals surface area contributed by atoms with Crippen LogP contribution in [0.15, 0.2) is 46.5 Å². The Morgan fingerprint density at radius 2 is 1.97 bits per heavy atom. The quantitative estimate of drug-likeness (QED) is 0.640. The zero-order valence-corrected chi connectivity index (χ0v) is 18.9. The highest BCUT2D eigenvalue weighted by Crippen LogP contribution is 2.36. The molecule has 1 saturated heterocycles. The van der Waals surface area contributed by atoms with Crippen molar-refractivity contribution in [1.29, 1.82) is 0 Å². The molecule has 2 aromatic rings. The predicted octanol–water partition coefficient (Wildman–Crippen LogP) is 4.13. The fourth-order valence-corrected chi connectivity index (χ4v) is 5.08. The number of hydrogen-bond donors (Lipinski definition) is 2. The zero-order valence-electron chi connectivity index (χ0n) is 18.1. The maximum absolute atomic E-state index is 13.0. The van der Waals surface area contributed by atoms with Crippen LogP contribution >= 0.6 is 11.8 Å². The van der Waals surface area contributed by atoms with E-state index in [2.05, 4.69) is 20.1 Å². The van der Waals surface area contributed by atoms with Crippen molar-refractivity contribution in [2.75, 3.05) is 33.2 Å². The fourth-order valence-electron chi connectivity index (χ4n) is 4.16. The summed E-state index contributed by atoms with van der Waals surface area (Å²) in [7, 11) is 1.82. The van der Waals surface area contributed by atoms with Gasteiger partial charge in [0.05, 0.1) is 5.56 Å². The van der Waals surface area contributed by atoms with E-state index in [0.29, 0.717) is 6.54 Å². The van der Waals surface area contributed by atoms with Crippen LogP contribution in [0.4, 0.5) is 13.2 Å². The molecule has 1 aromatic carbocycles. The van der Waals surface area contributed by atoms with Gasteiger partial charge in [-0.3, -0.25) is 9.80 Å². The van der Waals surface area contributed by atoms with Crippen molar-refractivity contribution in [2.45, 2.75) is 54.2 Å². The lowest BCUT2D eigenvalue weighted by Crippen LogP contribution is -2.34. The number of aliphatic hydroxyl groups is 1. The highest BCUT2D eigenvalue weighted by atomic mass is 32.2. The molecule has 1 unspecified atom stereocenters. The molecular formula is C23H29F3N4OS. The second-order valence-corrected chi connectivity index (χ2v) is 9.47. The Kier molecular flexibility index (Phi) is 7.41. The van der Waals surface area contributed by atoms with E-state index in [-0.39, 0.29) is 5.03 Å². The summed E-state index contributed by atoms with van der Waals surface area (Å²) in [5.74, 6) is 0. The smallest absolute Gasteiger partial charge is 0.374 e. The van der Waals surface area contributed by atoms with Crippen LogP contribution in [0.5, 0.6) is 0 Å². The molecule has 1 aromatic heterocycles. The standard InChI is InChI=1S/C23H29F3N4OS/c1-27-15-17-13-16(22(31)30-10-2-9-29(11-12-30)19-4-5-19)3-6-20(17)32-21-14-18(7-8-28-21)23(24,25)26/h3,6-8,13-14,19,22,27,31H,2,4-5,9-12,15H2,1H3. The van der Waals surface area contributed by atoms with Gasteiger partial charge in [-0.15, -0.1) is 0 Å². The molecule has 2 fully saturated rings. The summed E-state index contributed by atoms with van der Waals surface area (Å²) in [6.45, 7) is 4.26. The molecule has 0 amide bonds. The van der Waals surface area contributed by atoms with Gasteiger partial charge in [0.2, 0.25) is 0 Å². The third kappa shape index (κ3) is 5.82. The molecule has 4 rings (SSSR count). The normalized spacial score (nSPS) is 19.7. The van der Waals surface area contributed by atoms with Crippen LogP contribution in [0.2, 0.25) is 0 Å². The van der Waals surface area contributed by atoms with Gasteiger partial charge < -0.3 is 10.4 Å². The molecular weight excluding hydrogens is 437 g/mol. The van der Waals surface area contributed by atoms with Gasteiger partial charge in [0.15, 0.2) is 0 Å². The first-order chi connectivity index (χ1) is 15.3. The summed E-state index contributed by atoms with van der Waals surface area (Å²) in [6, 6.07) is 8.45. The van der Waals surface area contributed by atoms with Crippen molar-refractivity contribution in [3.63, 3.8) is 0 Å². The minimum absolute atomic E-state index is 0.290. The molecule has 174 valence electrons. The number of pyridine rings is 1. The zero-order chi connectivity index (χ0) is 22.7. The van der Waals surface area contributed by atoms with Gasteiger partial charge in [-0.1, -0.05) is 17.8 Å². The Bertz CT molecular complexity index is 922. The van der Waals surface area contributed by atoms with Crippen molar-refractivity contribution < 1.29 is 18.3 Å². The summed E-state index contributed by atoms with van der Waals surface area (Å²) in [5.41, 5.74) is 1.01. The van der Waals surface area contributed by atoms with E-state index in [1.807, 2.05) is 25.2 Å². The van der Waals surface area contributed by atoms with Gasteiger partial charge in [0.1, 0.15) is 11.3 Å². The maximum Gasteiger partial charge on any atom is 0.416 e. The molecule has 0 bridgehead atoms. The number of rotatable bonds is 7. The van der Waals surface area contributed by atoms with Gasteiger partial charge in [0.25, 0.3) is 0 Å². The average molecular weight is 467 g/mol. The summed E-state index contributed by atoms with van der Waals surface area (Å²) in [4.78, 5) is 9.56. The molecule has 5 nitrogen and oxygen atoms in total. The number of aromatic nitrogens is 1. The minimum Gasteiger partial charge on any atom is -0.374 e. The maximum atomic E-state index is 13.0. The molecule has 1 aliphatic heterocycles. The lowest BCUT2D eigenvalue weighted by Gasteiger charge is -2.27. The number of hydrogen-bond acceptors (Lipinski definition) is 6. The lowest BCUT2D eigenvalue weighted by molar-refractivity contribution is -0.137. The first kappa shape index (κ1) is 23.5. The van der Waals surface area contributed by atoms with Crippen LogP contribution < -0.4 is 5.32 Å². The molecule has 2 heterocycles. The van der Waals surface area contributed by atoms with Crippen LogP contribution in [-0.4, -0.2) is 59.2 Å². The first-order valence-corrected chi connectivity index (χ1v) is 11.8. The Morgan fingerprint density at radius 3 is 2.69 bits per heavy atom. The molecule has 1 saturated carbocycles. The second kappa shape index (κ2) is 10.1. The third-order valence-corrected chi connectivity index (χ3v) is 7.05. The Labute approximate surface area is 191 Å². The SMILES string of the molecule is CNCc1cc(C(O)N2CCCN(C3CC3)CC2)ccc1Sc1cc(C(F)(F)F)ccn1. The molecule has 1 atom stereocenters. The van der Waals surface area contributed by atoms with E-state index in [1.54, 1.807) is 0 Å². The number of halogens is 3. The van der Waals surface area contributed by atoms with E-state index in [4.69, 9.17) is 0 Å². The third-order valence-electron chi connectivity index (χ3n) is 6.00. The number of aliphatic hydroxyl groups excluding tert-OH is 1. The van der Waals surface area contributed by atoms with E-state index in [9.17, 15) is 18.3 Å². The number of nitrogens with one attached hydrogen (secondary N) is 1. The van der Waals surface area contributed by atoms with Crippen molar-refractivity contribution >= 4 is 11.8 Å². The van der Waals surface area contributed by atoms with E-state index < -0.39 is 18.0 Å². The Balaban J connectivity index is 1.50. The van der Waals surface area contributed by atoms with Gasteiger partial charge in [-0.05, 0) is 68.2 Å². The fraction of sp³-hybridized carbons (Fsp3) is 0.522. The topological polar surface area (TPSA) is 51.6 Å². The minimum atomic E-state index is -4.40. The summed E-state index contributed by atoms with van der Waals surface area (Å²) < 4.78 is 39.1. The van der Waals surface area contributed by atoms with Crippen molar-refractivity contribution in [2.24, 2.45) is 0 Å². The van der Waals surface area contributed by atoms with Gasteiger partial charge in [0, 0.05) is 43.3 Å². The number of benzene rings is 1. The van der Waals surface area contributed by atoms with Crippen LogP contribution in [0, 0.1) is 0 Å². The van der Waals surface area contributed by atoms with Crippen LogP contribution in [-0.2, 0) is 12.7 Å². The van der Waals surface area contributed by atoms with Crippen LogP contribution in [0.25, 0.3) is 0 Å². The highest BCUT2D eigenvalue weighted by molar-refractivity contribution is 7.99. The van der Waals surface area contributed by atoms with Crippen molar-refractivity contribution in [3.05, 3.63) is 53.2 Å². The average Bonchev–Trinajstić information content (AvgIpc) is 3.61. The summed E-state index contributed by atoms with van der Waals surface area (Å²) in [5, 5.41) is 14.5. The first-order valence-electron chi connectivity index (χ1n) is 11.0. The molecule has 9 heteroatoms. The largest absolute Gasteiger partial charge is 0.416 e. The van der Waals surface area contributed by atoms with E-state index >= 15 is 0 Å². The van der Waals surface area contributed by atoms with Gasteiger partial charge in [-0.25, -0.2) is 4.98 Å². The van der Waals surface area contributed by atoms with Gasteiger partial charge in [-0.2, -0.15) is 13.2 Å². The highest BCUT2D eigenvalue weighted by Gasteiger charge is 2.32. The van der Waals surface area contributed by atoms with Crippen molar-refractivity contribution in [3.8, 4) is 0 Å². The Morgan fingerprint density at radius 1 is 1.16 bits per heavy atom. The molecule has 2 N–H and O–H groups in total. The summed E-state index contributed by atoms with van der Waals surface area (Å²) >= 11 is 1.20. The molecule has 1 aliphatic carbocycles. The molecule has 0 spiro atoms. The van der Waals surface area contributed by atoms with E-state index in [0.717, 1.165) is 66.8 Å². The number of alkyl halides is 3. The van der Waals surface area contributed by atoms with Crippen molar-refractivity contribution in [1.82, 2.24) is 20.1 Å². The van der Waals surface area contributed by atoms with Crippen LogP contribution in [0.3, 0.4) is 0 Å². The molecule has 0 radical (unpaired) electrons.